The minimum atomic E-state index is -0.871. The predicted molar refractivity (Wildman–Crippen MR) is 129 cm³/mol. The summed E-state index contributed by atoms with van der Waals surface area (Å²) in [5.74, 6) is -0.766. The van der Waals surface area contributed by atoms with Crippen molar-refractivity contribution in [2.75, 3.05) is 11.9 Å². The number of aryl methyl sites for hydroxylation is 1. The molecule has 2 atom stereocenters. The van der Waals surface area contributed by atoms with Crippen molar-refractivity contribution in [1.82, 2.24) is 5.32 Å². The van der Waals surface area contributed by atoms with Gasteiger partial charge in [-0.05, 0) is 75.4 Å². The first-order valence-electron chi connectivity index (χ1n) is 11.9. The number of carboxylic acids is 1. The molecular formula is C27H29N3O5. The molecule has 0 aromatic heterocycles. The number of hydrogen-bond acceptors (Lipinski definition) is 5. The Morgan fingerprint density at radius 2 is 2.03 bits per heavy atom. The lowest BCUT2D eigenvalue weighted by Crippen LogP contribution is -2.31. The van der Waals surface area contributed by atoms with E-state index in [0.29, 0.717) is 54.9 Å². The second-order valence-corrected chi connectivity index (χ2v) is 9.57. The Hall–Kier alpha value is -3.86. The van der Waals surface area contributed by atoms with Crippen LogP contribution in [0.5, 0.6) is 5.75 Å². The Morgan fingerprint density at radius 3 is 2.74 bits per heavy atom. The summed E-state index contributed by atoms with van der Waals surface area (Å²) >= 11 is 0. The number of amides is 2. The van der Waals surface area contributed by atoms with Crippen LogP contribution in [0.4, 0.5) is 5.69 Å². The molecule has 1 aliphatic heterocycles. The van der Waals surface area contributed by atoms with Crippen LogP contribution in [0.15, 0.2) is 36.4 Å². The second kappa shape index (κ2) is 9.79. The van der Waals surface area contributed by atoms with Crippen LogP contribution in [0.2, 0.25) is 0 Å². The van der Waals surface area contributed by atoms with Crippen molar-refractivity contribution in [3.63, 3.8) is 0 Å². The zero-order chi connectivity index (χ0) is 25.2. The van der Waals surface area contributed by atoms with E-state index in [1.807, 2.05) is 19.9 Å². The number of nitriles is 1. The third kappa shape index (κ3) is 5.14. The highest BCUT2D eigenvalue weighted by atomic mass is 16.5. The molecule has 35 heavy (non-hydrogen) atoms. The van der Waals surface area contributed by atoms with Crippen LogP contribution in [0, 0.1) is 17.2 Å². The lowest BCUT2D eigenvalue weighted by atomic mass is 9.86. The average Bonchev–Trinajstić information content (AvgIpc) is 3.54. The maximum absolute atomic E-state index is 13.3. The summed E-state index contributed by atoms with van der Waals surface area (Å²) < 4.78 is 5.83. The summed E-state index contributed by atoms with van der Waals surface area (Å²) in [6, 6.07) is 12.5. The molecule has 4 rings (SSSR count). The monoisotopic (exact) mass is 475 g/mol. The first kappa shape index (κ1) is 24.3. The quantitative estimate of drug-likeness (QED) is 0.533. The van der Waals surface area contributed by atoms with Gasteiger partial charge in [0.2, 0.25) is 5.91 Å². The molecule has 2 aromatic carbocycles. The molecule has 2 unspecified atom stereocenters. The maximum atomic E-state index is 13.3. The number of rotatable bonds is 8. The van der Waals surface area contributed by atoms with E-state index < -0.39 is 5.97 Å². The Balaban J connectivity index is 1.55. The summed E-state index contributed by atoms with van der Waals surface area (Å²) in [5, 5.41) is 24.1. The molecule has 2 aliphatic rings. The molecule has 1 aliphatic carbocycles. The summed E-state index contributed by atoms with van der Waals surface area (Å²) in [5.41, 5.74) is 2.79. The molecule has 8 heteroatoms. The highest BCUT2D eigenvalue weighted by Crippen LogP contribution is 2.61. The van der Waals surface area contributed by atoms with Gasteiger partial charge >= 0.3 is 5.97 Å². The fraction of sp³-hybridized carbons (Fsp3) is 0.407. The topological polar surface area (TPSA) is 129 Å². The van der Waals surface area contributed by atoms with Crippen LogP contribution in [0.1, 0.15) is 66.6 Å². The molecule has 1 spiro atoms. The van der Waals surface area contributed by atoms with Crippen molar-refractivity contribution in [3.05, 3.63) is 58.7 Å². The Morgan fingerprint density at radius 1 is 1.23 bits per heavy atom. The second-order valence-electron chi connectivity index (χ2n) is 9.57. The number of nitrogens with zero attached hydrogens (tertiary/aromatic N) is 1. The summed E-state index contributed by atoms with van der Waals surface area (Å²) in [4.78, 5) is 36.8. The molecule has 182 valence electrons. The Bertz CT molecular complexity index is 1220. The summed E-state index contributed by atoms with van der Waals surface area (Å²) in [7, 11) is 0. The minimum absolute atomic E-state index is 0.0112. The minimum Gasteiger partial charge on any atom is -0.493 e. The van der Waals surface area contributed by atoms with Gasteiger partial charge in [-0.15, -0.1) is 0 Å². The number of benzene rings is 2. The number of fused-ring (bicyclic) bond motifs is 2. The van der Waals surface area contributed by atoms with Gasteiger partial charge in [0.25, 0.3) is 5.91 Å². The van der Waals surface area contributed by atoms with Crippen LogP contribution in [-0.4, -0.2) is 35.5 Å². The van der Waals surface area contributed by atoms with Gasteiger partial charge in [-0.3, -0.25) is 14.4 Å². The standard InChI is InChI=1S/C27H29N3O5/c1-16(2)29-25(33)19-8-9-23-20(13-19)27(10-11-35-23)14-21(27)26(34)30-22-12-17(15-28)6-7-18(22)4-3-5-24(31)32/h6-9,12-13,16,21H,3-5,10-11,14H2,1-2H3,(H,29,33)(H,30,34)(H,31,32). The fourth-order valence-corrected chi connectivity index (χ4v) is 4.86. The van der Waals surface area contributed by atoms with Crippen molar-refractivity contribution in [3.8, 4) is 11.8 Å². The largest absolute Gasteiger partial charge is 0.493 e. The number of anilines is 1. The molecule has 8 nitrogen and oxygen atoms in total. The van der Waals surface area contributed by atoms with E-state index >= 15 is 0 Å². The van der Waals surface area contributed by atoms with Crippen LogP contribution >= 0.6 is 0 Å². The van der Waals surface area contributed by atoms with Gasteiger partial charge in [-0.25, -0.2) is 0 Å². The molecule has 1 saturated carbocycles. The van der Waals surface area contributed by atoms with Gasteiger partial charge in [0.1, 0.15) is 5.75 Å². The molecular weight excluding hydrogens is 446 g/mol. The number of nitrogens with one attached hydrogen (secondary N) is 2. The zero-order valence-corrected chi connectivity index (χ0v) is 19.9. The molecule has 0 saturated heterocycles. The maximum Gasteiger partial charge on any atom is 0.303 e. The van der Waals surface area contributed by atoms with Gasteiger partial charge in [0, 0.05) is 40.6 Å². The summed E-state index contributed by atoms with van der Waals surface area (Å²) in [6.07, 6.45) is 2.27. The Kier molecular flexibility index (Phi) is 6.79. The molecule has 3 N–H and O–H groups in total. The highest BCUT2D eigenvalue weighted by Gasteiger charge is 2.61. The van der Waals surface area contributed by atoms with E-state index in [0.717, 1.165) is 11.1 Å². The number of hydrogen-bond donors (Lipinski definition) is 3. The Labute approximate surface area is 204 Å². The van der Waals surface area contributed by atoms with Crippen molar-refractivity contribution < 1.29 is 24.2 Å². The van der Waals surface area contributed by atoms with Gasteiger partial charge < -0.3 is 20.5 Å². The van der Waals surface area contributed by atoms with E-state index in [4.69, 9.17) is 9.84 Å². The van der Waals surface area contributed by atoms with Gasteiger partial charge in [0.05, 0.1) is 18.2 Å². The van der Waals surface area contributed by atoms with Crippen LogP contribution in [0.3, 0.4) is 0 Å². The van der Waals surface area contributed by atoms with E-state index in [1.54, 1.807) is 30.3 Å². The normalized spacial score (nSPS) is 19.9. The van der Waals surface area contributed by atoms with Crippen molar-refractivity contribution in [2.24, 2.45) is 5.92 Å². The molecule has 1 heterocycles. The third-order valence-corrected chi connectivity index (χ3v) is 6.73. The zero-order valence-electron chi connectivity index (χ0n) is 19.9. The van der Waals surface area contributed by atoms with Crippen molar-refractivity contribution in [1.29, 1.82) is 5.26 Å². The number of carbonyl (C=O) groups is 3. The van der Waals surface area contributed by atoms with Gasteiger partial charge in [0.15, 0.2) is 0 Å². The van der Waals surface area contributed by atoms with Crippen molar-refractivity contribution >= 4 is 23.5 Å². The van der Waals surface area contributed by atoms with Crippen LogP contribution < -0.4 is 15.4 Å². The molecule has 2 amide bonds. The third-order valence-electron chi connectivity index (χ3n) is 6.73. The van der Waals surface area contributed by atoms with E-state index in [-0.39, 0.29) is 35.6 Å². The molecule has 2 aromatic rings. The predicted octanol–water partition coefficient (Wildman–Crippen LogP) is 3.78. The molecule has 1 fully saturated rings. The fourth-order valence-electron chi connectivity index (χ4n) is 4.86. The van der Waals surface area contributed by atoms with Crippen LogP contribution in [0.25, 0.3) is 0 Å². The van der Waals surface area contributed by atoms with Gasteiger partial charge in [-0.2, -0.15) is 5.26 Å². The van der Waals surface area contributed by atoms with Gasteiger partial charge in [-0.1, -0.05) is 6.07 Å². The molecule has 0 radical (unpaired) electrons. The summed E-state index contributed by atoms with van der Waals surface area (Å²) in [6.45, 7) is 4.30. The number of aliphatic carboxylic acids is 1. The lowest BCUT2D eigenvalue weighted by molar-refractivity contribution is -0.137. The number of carbonyl (C=O) groups excluding carboxylic acids is 2. The molecule has 0 bridgehead atoms. The smallest absolute Gasteiger partial charge is 0.303 e. The lowest BCUT2D eigenvalue weighted by Gasteiger charge is -2.27. The van der Waals surface area contributed by atoms with E-state index in [1.165, 1.54) is 0 Å². The highest BCUT2D eigenvalue weighted by molar-refractivity contribution is 5.98. The van der Waals surface area contributed by atoms with E-state index in [2.05, 4.69) is 16.7 Å². The SMILES string of the molecule is CC(C)NC(=O)c1ccc2c(c1)C1(CCO2)CC1C(=O)Nc1cc(C#N)ccc1CCCC(=O)O. The first-order valence-corrected chi connectivity index (χ1v) is 11.9. The number of carboxylic acid groups (broad SMARTS) is 1. The number of ether oxygens (including phenoxy) is 1. The average molecular weight is 476 g/mol. The first-order chi connectivity index (χ1) is 16.7. The van der Waals surface area contributed by atoms with Crippen molar-refractivity contribution in [2.45, 2.75) is 57.4 Å². The van der Waals surface area contributed by atoms with Crippen LogP contribution in [-0.2, 0) is 21.4 Å². The van der Waals surface area contributed by atoms with E-state index in [9.17, 15) is 19.6 Å².